The first-order valence-electron chi connectivity index (χ1n) is 4.82. The molecular weight excluding hydrogens is 228 g/mol. The zero-order valence-electron chi connectivity index (χ0n) is 9.07. The Morgan fingerprint density at radius 3 is 3.06 bits per heavy atom. The van der Waals surface area contributed by atoms with Gasteiger partial charge in [0.05, 0.1) is 11.5 Å². The molecule has 0 N–H and O–H groups in total. The van der Waals surface area contributed by atoms with E-state index in [-0.39, 0.29) is 5.69 Å². The molecule has 0 aliphatic carbocycles. The van der Waals surface area contributed by atoms with Gasteiger partial charge in [0.25, 0.3) is 0 Å². The number of methoxy groups -OCH3 is 1. The Bertz CT molecular complexity index is 539. The highest BCUT2D eigenvalue weighted by molar-refractivity contribution is 5.43. The predicted molar refractivity (Wildman–Crippen MR) is 57.0 cm³/mol. The molecular formula is C9H10N4O4. The van der Waals surface area contributed by atoms with E-state index in [2.05, 4.69) is 10.1 Å². The normalized spacial score (nSPS) is 10.6. The number of nitrogens with zero attached hydrogens (tertiary/aromatic N) is 4. The lowest BCUT2D eigenvalue weighted by Gasteiger charge is -1.99. The van der Waals surface area contributed by atoms with Crippen molar-refractivity contribution in [3.8, 4) is 5.88 Å². The van der Waals surface area contributed by atoms with Crippen LogP contribution in [0.25, 0.3) is 5.65 Å². The third kappa shape index (κ3) is 2.48. The smallest absolute Gasteiger partial charge is 0.305 e. The van der Waals surface area contributed by atoms with Crippen molar-refractivity contribution in [3.05, 3.63) is 28.6 Å². The third-order valence-electron chi connectivity index (χ3n) is 2.03. The summed E-state index contributed by atoms with van der Waals surface area (Å²) < 4.78 is 11.4. The molecule has 2 heterocycles. The Hall–Kier alpha value is -2.22. The van der Waals surface area contributed by atoms with Gasteiger partial charge in [0.15, 0.2) is 5.65 Å². The summed E-state index contributed by atoms with van der Waals surface area (Å²) in [5.74, 6) is 0.357. The van der Waals surface area contributed by atoms with E-state index in [0.29, 0.717) is 24.7 Å². The molecule has 0 atom stereocenters. The molecule has 2 aromatic heterocycles. The Balaban J connectivity index is 2.21. The van der Waals surface area contributed by atoms with Gasteiger partial charge in [-0.1, -0.05) is 0 Å². The Kier molecular flexibility index (Phi) is 3.15. The fourth-order valence-corrected chi connectivity index (χ4v) is 1.24. The standard InChI is InChI=1S/C9H10N4O4/c1-16-2-3-17-9-4-8-10-5-7(13(14)15)6-12(8)11-9/h4-6H,2-3H2,1H3. The lowest BCUT2D eigenvalue weighted by molar-refractivity contribution is -0.385. The first-order valence-corrected chi connectivity index (χ1v) is 4.82. The quantitative estimate of drug-likeness (QED) is 0.431. The van der Waals surface area contributed by atoms with Crippen molar-refractivity contribution >= 4 is 11.3 Å². The molecule has 0 radical (unpaired) electrons. The van der Waals surface area contributed by atoms with Gasteiger partial charge in [0.2, 0.25) is 5.88 Å². The maximum Gasteiger partial charge on any atom is 0.305 e. The van der Waals surface area contributed by atoms with Crippen LogP contribution < -0.4 is 4.74 Å². The van der Waals surface area contributed by atoms with E-state index in [1.54, 1.807) is 13.2 Å². The molecule has 17 heavy (non-hydrogen) atoms. The van der Waals surface area contributed by atoms with Crippen molar-refractivity contribution in [1.82, 2.24) is 14.6 Å². The average molecular weight is 238 g/mol. The van der Waals surface area contributed by atoms with Crippen LogP contribution in [0.2, 0.25) is 0 Å². The maximum atomic E-state index is 10.5. The molecule has 0 fully saturated rings. The van der Waals surface area contributed by atoms with Gasteiger partial charge in [0, 0.05) is 13.2 Å². The van der Waals surface area contributed by atoms with Crippen LogP contribution in [0.4, 0.5) is 5.69 Å². The molecule has 0 bridgehead atoms. The minimum Gasteiger partial charge on any atom is -0.474 e. The van der Waals surface area contributed by atoms with Crippen molar-refractivity contribution < 1.29 is 14.4 Å². The average Bonchev–Trinajstić information content (AvgIpc) is 2.70. The summed E-state index contributed by atoms with van der Waals surface area (Å²) in [6.45, 7) is 0.809. The van der Waals surface area contributed by atoms with E-state index in [1.807, 2.05) is 0 Å². The molecule has 8 heteroatoms. The van der Waals surface area contributed by atoms with Crippen molar-refractivity contribution in [2.45, 2.75) is 0 Å². The number of aromatic nitrogens is 3. The summed E-state index contributed by atoms with van der Waals surface area (Å²) >= 11 is 0. The molecule has 0 saturated heterocycles. The predicted octanol–water partition coefficient (Wildman–Crippen LogP) is 0.663. The van der Waals surface area contributed by atoms with Gasteiger partial charge >= 0.3 is 5.69 Å². The molecule has 90 valence electrons. The van der Waals surface area contributed by atoms with Crippen LogP contribution >= 0.6 is 0 Å². The molecule has 0 unspecified atom stereocenters. The zero-order chi connectivity index (χ0) is 12.3. The SMILES string of the molecule is COCCOc1cc2ncc([N+](=O)[O-])cn2n1. The van der Waals surface area contributed by atoms with E-state index in [9.17, 15) is 10.1 Å². The molecule has 0 spiro atoms. The van der Waals surface area contributed by atoms with Crippen LogP contribution in [0, 0.1) is 10.1 Å². The molecule has 2 aromatic rings. The van der Waals surface area contributed by atoms with E-state index in [0.717, 1.165) is 0 Å². The Morgan fingerprint density at radius 2 is 2.35 bits per heavy atom. The minimum atomic E-state index is -0.528. The van der Waals surface area contributed by atoms with E-state index in [1.165, 1.54) is 16.9 Å². The van der Waals surface area contributed by atoms with E-state index < -0.39 is 4.92 Å². The Labute approximate surface area is 95.9 Å². The van der Waals surface area contributed by atoms with Gasteiger partial charge in [0.1, 0.15) is 19.0 Å². The van der Waals surface area contributed by atoms with E-state index in [4.69, 9.17) is 9.47 Å². The van der Waals surface area contributed by atoms with Crippen LogP contribution in [-0.2, 0) is 4.74 Å². The summed E-state index contributed by atoms with van der Waals surface area (Å²) in [7, 11) is 1.57. The highest BCUT2D eigenvalue weighted by Gasteiger charge is 2.10. The van der Waals surface area contributed by atoms with Crippen molar-refractivity contribution in [1.29, 1.82) is 0 Å². The fraction of sp³-hybridized carbons (Fsp3) is 0.333. The van der Waals surface area contributed by atoms with Crippen molar-refractivity contribution in [2.24, 2.45) is 0 Å². The minimum absolute atomic E-state index is 0.121. The topological polar surface area (TPSA) is 91.8 Å². The van der Waals surface area contributed by atoms with Crippen molar-refractivity contribution in [2.75, 3.05) is 20.3 Å². The van der Waals surface area contributed by atoms with Gasteiger partial charge in [-0.25, -0.2) is 9.50 Å². The van der Waals surface area contributed by atoms with Crippen LogP contribution in [-0.4, -0.2) is 39.8 Å². The lowest BCUT2D eigenvalue weighted by atomic mass is 10.5. The monoisotopic (exact) mass is 238 g/mol. The summed E-state index contributed by atoms with van der Waals surface area (Å²) in [6, 6.07) is 1.60. The van der Waals surface area contributed by atoms with Gasteiger partial charge in [-0.3, -0.25) is 10.1 Å². The second-order valence-corrected chi connectivity index (χ2v) is 3.20. The van der Waals surface area contributed by atoms with Gasteiger partial charge in [-0.15, -0.1) is 5.10 Å². The van der Waals surface area contributed by atoms with Crippen LogP contribution in [0.3, 0.4) is 0 Å². The molecule has 2 rings (SSSR count). The van der Waals surface area contributed by atoms with E-state index >= 15 is 0 Å². The fourth-order valence-electron chi connectivity index (χ4n) is 1.24. The van der Waals surface area contributed by atoms with Crippen molar-refractivity contribution in [3.63, 3.8) is 0 Å². The first kappa shape index (κ1) is 11.3. The molecule has 8 nitrogen and oxygen atoms in total. The number of fused-ring (bicyclic) bond motifs is 1. The van der Waals surface area contributed by atoms with Gasteiger partial charge < -0.3 is 9.47 Å². The first-order chi connectivity index (χ1) is 8.20. The second-order valence-electron chi connectivity index (χ2n) is 3.20. The summed E-state index contributed by atoms with van der Waals surface area (Å²) in [6.07, 6.45) is 2.46. The maximum absolute atomic E-state index is 10.5. The Morgan fingerprint density at radius 1 is 1.53 bits per heavy atom. The summed E-state index contributed by atoms with van der Waals surface area (Å²) in [5.41, 5.74) is 0.368. The number of rotatable bonds is 5. The molecule has 0 aliphatic rings. The van der Waals surface area contributed by atoms with Crippen LogP contribution in [0.15, 0.2) is 18.5 Å². The largest absolute Gasteiger partial charge is 0.474 e. The molecule has 0 amide bonds. The zero-order valence-corrected chi connectivity index (χ0v) is 9.07. The summed E-state index contributed by atoms with van der Waals surface area (Å²) in [4.78, 5) is 13.9. The summed E-state index contributed by atoms with van der Waals surface area (Å²) in [5, 5.41) is 14.5. The lowest BCUT2D eigenvalue weighted by Crippen LogP contribution is -2.04. The van der Waals surface area contributed by atoms with Crippen LogP contribution in [0.1, 0.15) is 0 Å². The third-order valence-corrected chi connectivity index (χ3v) is 2.03. The van der Waals surface area contributed by atoms with Gasteiger partial charge in [-0.05, 0) is 0 Å². The number of nitro groups is 1. The van der Waals surface area contributed by atoms with Gasteiger partial charge in [-0.2, -0.15) is 0 Å². The molecule has 0 aliphatic heterocycles. The highest BCUT2D eigenvalue weighted by Crippen LogP contribution is 2.14. The molecule has 0 aromatic carbocycles. The van der Waals surface area contributed by atoms with Crippen LogP contribution in [0.5, 0.6) is 5.88 Å². The second kappa shape index (κ2) is 4.74. The number of hydrogen-bond donors (Lipinski definition) is 0. The number of ether oxygens (including phenoxy) is 2. The molecule has 0 saturated carbocycles. The number of hydrogen-bond acceptors (Lipinski definition) is 6. The highest BCUT2D eigenvalue weighted by atomic mass is 16.6.